The summed E-state index contributed by atoms with van der Waals surface area (Å²) in [5.41, 5.74) is 4.21. The first-order valence-electron chi connectivity index (χ1n) is 8.75. The Balaban J connectivity index is 1.80. The molecule has 6 heteroatoms. The quantitative estimate of drug-likeness (QED) is 0.695. The van der Waals surface area contributed by atoms with E-state index in [1.807, 2.05) is 32.9 Å². The van der Waals surface area contributed by atoms with Gasteiger partial charge < -0.3 is 10.6 Å². The Morgan fingerprint density at radius 1 is 0.857 bits per heavy atom. The molecule has 0 spiro atoms. The van der Waals surface area contributed by atoms with Gasteiger partial charge >= 0.3 is 0 Å². The van der Waals surface area contributed by atoms with Crippen molar-refractivity contribution in [1.29, 1.82) is 0 Å². The minimum atomic E-state index is -0.546. The highest BCUT2D eigenvalue weighted by molar-refractivity contribution is 6.08. The van der Waals surface area contributed by atoms with Gasteiger partial charge in [0.25, 0.3) is 11.8 Å². The lowest BCUT2D eigenvalue weighted by Gasteiger charge is -2.13. The number of aryl methyl sites for hydroxylation is 3. The van der Waals surface area contributed by atoms with Crippen molar-refractivity contribution in [1.82, 2.24) is 4.98 Å². The molecule has 0 bridgehead atoms. The number of rotatable bonds is 4. The number of pyridine rings is 1. The molecule has 0 aliphatic rings. The number of carbonyl (C=O) groups excluding carboxylic acids is 2. The normalized spacial score (nSPS) is 10.4. The van der Waals surface area contributed by atoms with Crippen LogP contribution in [0.4, 0.5) is 15.8 Å². The Bertz CT molecular complexity index is 1040. The molecule has 2 amide bonds. The highest BCUT2D eigenvalue weighted by Gasteiger charge is 2.15. The van der Waals surface area contributed by atoms with E-state index in [0.29, 0.717) is 0 Å². The van der Waals surface area contributed by atoms with Crippen LogP contribution in [0, 0.1) is 26.6 Å². The van der Waals surface area contributed by atoms with Crippen molar-refractivity contribution < 1.29 is 14.0 Å². The number of nitrogens with zero attached hydrogens (tertiary/aromatic N) is 1. The summed E-state index contributed by atoms with van der Waals surface area (Å²) in [6, 6.07) is 11.3. The maximum absolute atomic E-state index is 13.7. The molecule has 142 valence electrons. The molecule has 1 aromatic heterocycles. The van der Waals surface area contributed by atoms with Crippen LogP contribution in [0.3, 0.4) is 0 Å². The van der Waals surface area contributed by atoms with Crippen LogP contribution in [0.15, 0.2) is 54.9 Å². The van der Waals surface area contributed by atoms with Crippen LogP contribution in [-0.4, -0.2) is 16.8 Å². The second kappa shape index (κ2) is 8.00. The lowest BCUT2D eigenvalue weighted by molar-refractivity contribution is 0.102. The van der Waals surface area contributed by atoms with Gasteiger partial charge in [0.1, 0.15) is 5.82 Å². The Labute approximate surface area is 162 Å². The number of benzene rings is 2. The number of hydrogen-bond donors (Lipinski definition) is 2. The molecule has 0 saturated heterocycles. The highest BCUT2D eigenvalue weighted by atomic mass is 19.1. The topological polar surface area (TPSA) is 71.1 Å². The van der Waals surface area contributed by atoms with Gasteiger partial charge in [0.2, 0.25) is 0 Å². The second-order valence-electron chi connectivity index (χ2n) is 6.62. The van der Waals surface area contributed by atoms with Crippen molar-refractivity contribution in [3.05, 3.63) is 88.5 Å². The molecule has 0 aliphatic heterocycles. The number of amides is 2. The number of hydrogen-bond acceptors (Lipinski definition) is 3. The predicted octanol–water partition coefficient (Wildman–Crippen LogP) is 4.65. The molecule has 1 heterocycles. The van der Waals surface area contributed by atoms with Crippen LogP contribution in [0.5, 0.6) is 0 Å². The van der Waals surface area contributed by atoms with E-state index in [1.54, 1.807) is 6.07 Å². The molecule has 0 fully saturated rings. The van der Waals surface area contributed by atoms with Gasteiger partial charge in [0, 0.05) is 18.1 Å². The smallest absolute Gasteiger partial charge is 0.257 e. The zero-order valence-electron chi connectivity index (χ0n) is 15.8. The molecule has 0 saturated carbocycles. The average Bonchev–Trinajstić information content (AvgIpc) is 2.66. The number of para-hydroxylation sites is 1. The fraction of sp³-hybridized carbons (Fsp3) is 0.136. The molecule has 5 nitrogen and oxygen atoms in total. The summed E-state index contributed by atoms with van der Waals surface area (Å²) in [6.07, 6.45) is 2.71. The predicted molar refractivity (Wildman–Crippen MR) is 107 cm³/mol. The standard InChI is InChI=1S/C22H20FN3O2/c1-13-8-14(2)20(15(3)9-13)26-22(28)17-10-16(11-24-12-17)21(27)25-19-7-5-4-6-18(19)23/h4-12H,1-3H3,(H,25,27)(H,26,28). The maximum Gasteiger partial charge on any atom is 0.257 e. The molecule has 2 aromatic carbocycles. The number of halogens is 1. The monoisotopic (exact) mass is 377 g/mol. The Hall–Kier alpha value is -3.54. The lowest BCUT2D eigenvalue weighted by Crippen LogP contribution is -2.17. The molecular weight excluding hydrogens is 357 g/mol. The molecule has 2 N–H and O–H groups in total. The van der Waals surface area contributed by atoms with Gasteiger partial charge in [-0.2, -0.15) is 0 Å². The Kier molecular flexibility index (Phi) is 5.49. The van der Waals surface area contributed by atoms with Gasteiger partial charge in [-0.25, -0.2) is 4.39 Å². The van der Waals surface area contributed by atoms with Crippen molar-refractivity contribution in [3.63, 3.8) is 0 Å². The van der Waals surface area contributed by atoms with E-state index in [9.17, 15) is 14.0 Å². The van der Waals surface area contributed by atoms with Gasteiger partial charge in [-0.1, -0.05) is 29.8 Å². The third-order valence-electron chi connectivity index (χ3n) is 4.30. The molecule has 0 unspecified atom stereocenters. The summed E-state index contributed by atoms with van der Waals surface area (Å²) >= 11 is 0. The van der Waals surface area contributed by atoms with E-state index in [4.69, 9.17) is 0 Å². The third-order valence-corrected chi connectivity index (χ3v) is 4.30. The third kappa shape index (κ3) is 4.23. The SMILES string of the molecule is Cc1cc(C)c(NC(=O)c2cncc(C(=O)Nc3ccccc3F)c2)c(C)c1. The zero-order valence-corrected chi connectivity index (χ0v) is 15.8. The molecule has 28 heavy (non-hydrogen) atoms. The van der Waals surface area contributed by atoms with Crippen LogP contribution in [-0.2, 0) is 0 Å². The number of nitrogens with one attached hydrogen (secondary N) is 2. The molecule has 3 rings (SSSR count). The van der Waals surface area contributed by atoms with Crippen LogP contribution in [0.25, 0.3) is 0 Å². The lowest BCUT2D eigenvalue weighted by atomic mass is 10.0. The van der Waals surface area contributed by atoms with Gasteiger partial charge in [-0.3, -0.25) is 14.6 Å². The first-order chi connectivity index (χ1) is 13.3. The summed E-state index contributed by atoms with van der Waals surface area (Å²) in [4.78, 5) is 29.0. The van der Waals surface area contributed by atoms with Crippen molar-refractivity contribution >= 4 is 23.2 Å². The van der Waals surface area contributed by atoms with Crippen molar-refractivity contribution in [3.8, 4) is 0 Å². The van der Waals surface area contributed by atoms with E-state index in [1.165, 1.54) is 36.7 Å². The van der Waals surface area contributed by atoms with Crippen molar-refractivity contribution in [2.75, 3.05) is 10.6 Å². The Morgan fingerprint density at radius 3 is 2.04 bits per heavy atom. The van der Waals surface area contributed by atoms with Crippen molar-refractivity contribution in [2.24, 2.45) is 0 Å². The molecule has 0 radical (unpaired) electrons. The van der Waals surface area contributed by atoms with E-state index in [0.717, 1.165) is 22.4 Å². The molecular formula is C22H20FN3O2. The summed E-state index contributed by atoms with van der Waals surface area (Å²) in [6.45, 7) is 5.84. The van der Waals surface area contributed by atoms with Gasteiger partial charge in [-0.15, -0.1) is 0 Å². The fourth-order valence-electron chi connectivity index (χ4n) is 3.01. The van der Waals surface area contributed by atoms with Crippen molar-refractivity contribution in [2.45, 2.75) is 20.8 Å². The van der Waals surface area contributed by atoms with Gasteiger partial charge in [-0.05, 0) is 50.1 Å². The van der Waals surface area contributed by atoms with Gasteiger partial charge in [0.05, 0.1) is 16.8 Å². The van der Waals surface area contributed by atoms with E-state index in [-0.39, 0.29) is 22.7 Å². The van der Waals surface area contributed by atoms with E-state index in [2.05, 4.69) is 15.6 Å². The maximum atomic E-state index is 13.7. The summed E-state index contributed by atoms with van der Waals surface area (Å²) in [7, 11) is 0. The van der Waals surface area contributed by atoms with Crippen LogP contribution in [0.1, 0.15) is 37.4 Å². The number of anilines is 2. The highest BCUT2D eigenvalue weighted by Crippen LogP contribution is 2.23. The summed E-state index contributed by atoms with van der Waals surface area (Å²) < 4.78 is 13.7. The van der Waals surface area contributed by atoms with E-state index < -0.39 is 11.7 Å². The first-order valence-corrected chi connectivity index (χ1v) is 8.75. The summed E-state index contributed by atoms with van der Waals surface area (Å²) in [5, 5.41) is 5.36. The van der Waals surface area contributed by atoms with Crippen LogP contribution < -0.4 is 10.6 Å². The minimum absolute atomic E-state index is 0.0632. The largest absolute Gasteiger partial charge is 0.321 e. The summed E-state index contributed by atoms with van der Waals surface area (Å²) in [5.74, 6) is -1.46. The second-order valence-corrected chi connectivity index (χ2v) is 6.62. The Morgan fingerprint density at radius 2 is 1.43 bits per heavy atom. The first kappa shape index (κ1) is 19.2. The molecule has 0 atom stereocenters. The molecule has 3 aromatic rings. The fourth-order valence-corrected chi connectivity index (χ4v) is 3.01. The van der Waals surface area contributed by atoms with E-state index >= 15 is 0 Å². The van der Waals surface area contributed by atoms with Crippen LogP contribution >= 0.6 is 0 Å². The zero-order chi connectivity index (χ0) is 20.3. The number of aromatic nitrogens is 1. The number of carbonyl (C=O) groups is 2. The van der Waals surface area contributed by atoms with Gasteiger partial charge in [0.15, 0.2) is 0 Å². The van der Waals surface area contributed by atoms with Crippen LogP contribution in [0.2, 0.25) is 0 Å². The average molecular weight is 377 g/mol. The molecule has 0 aliphatic carbocycles. The minimum Gasteiger partial charge on any atom is -0.321 e.